The van der Waals surface area contributed by atoms with E-state index in [4.69, 9.17) is 11.6 Å². The van der Waals surface area contributed by atoms with Gasteiger partial charge in [0.15, 0.2) is 0 Å². The zero-order valence-corrected chi connectivity index (χ0v) is 17.3. The standard InChI is InChI=1S/C21H25ClF2N4O/c1-27(2)18(20-16(23)4-3-5-17(20)24)13-26-21(29)14-8-10-28(11-9-14)19-7-6-15(22)12-25-19/h3-7,12,14,18H,8-11,13H2,1-2H3,(H,26,29). The van der Waals surface area contributed by atoms with E-state index in [0.29, 0.717) is 31.0 Å². The summed E-state index contributed by atoms with van der Waals surface area (Å²) in [6.07, 6.45) is 2.99. The lowest BCUT2D eigenvalue weighted by Crippen LogP contribution is -2.43. The number of pyridine rings is 1. The largest absolute Gasteiger partial charge is 0.357 e. The number of hydrogen-bond donors (Lipinski definition) is 1. The van der Waals surface area contributed by atoms with E-state index >= 15 is 0 Å². The zero-order valence-electron chi connectivity index (χ0n) is 16.5. The van der Waals surface area contributed by atoms with Crippen LogP contribution in [0.2, 0.25) is 5.02 Å². The lowest BCUT2D eigenvalue weighted by atomic mass is 9.95. The molecular weight excluding hydrogens is 398 g/mol. The van der Waals surface area contributed by atoms with Gasteiger partial charge in [-0.2, -0.15) is 0 Å². The molecule has 1 unspecified atom stereocenters. The van der Waals surface area contributed by atoms with Crippen molar-refractivity contribution >= 4 is 23.3 Å². The highest BCUT2D eigenvalue weighted by molar-refractivity contribution is 6.30. The summed E-state index contributed by atoms with van der Waals surface area (Å²) in [5.74, 6) is -0.594. The van der Waals surface area contributed by atoms with Crippen LogP contribution >= 0.6 is 11.6 Å². The van der Waals surface area contributed by atoms with Gasteiger partial charge in [0.05, 0.1) is 11.1 Å². The summed E-state index contributed by atoms with van der Waals surface area (Å²) in [6.45, 7) is 1.57. The highest BCUT2D eigenvalue weighted by atomic mass is 35.5. The van der Waals surface area contributed by atoms with E-state index in [0.717, 1.165) is 5.82 Å². The summed E-state index contributed by atoms with van der Waals surface area (Å²) < 4.78 is 28.3. The highest BCUT2D eigenvalue weighted by Gasteiger charge is 2.28. The van der Waals surface area contributed by atoms with Crippen molar-refractivity contribution in [2.45, 2.75) is 18.9 Å². The van der Waals surface area contributed by atoms with Crippen LogP contribution in [0.3, 0.4) is 0 Å². The van der Waals surface area contributed by atoms with Crippen molar-refractivity contribution in [1.29, 1.82) is 0 Å². The van der Waals surface area contributed by atoms with Gasteiger partial charge in [-0.15, -0.1) is 0 Å². The molecule has 29 heavy (non-hydrogen) atoms. The van der Waals surface area contributed by atoms with E-state index in [9.17, 15) is 13.6 Å². The molecule has 0 spiro atoms. The summed E-state index contributed by atoms with van der Waals surface area (Å²) in [5.41, 5.74) is -0.0265. The molecule has 1 atom stereocenters. The number of halogens is 3. The lowest BCUT2D eigenvalue weighted by molar-refractivity contribution is -0.125. The van der Waals surface area contributed by atoms with Gasteiger partial charge in [0.25, 0.3) is 0 Å². The second-order valence-corrected chi connectivity index (χ2v) is 7.89. The van der Waals surface area contributed by atoms with Gasteiger partial charge < -0.3 is 15.1 Å². The van der Waals surface area contributed by atoms with Gasteiger partial charge in [-0.3, -0.25) is 4.79 Å². The molecule has 0 bridgehead atoms. The molecular formula is C21H25ClF2N4O. The summed E-state index contributed by atoms with van der Waals surface area (Å²) in [5, 5.41) is 3.47. The van der Waals surface area contributed by atoms with Crippen LogP contribution in [0.4, 0.5) is 14.6 Å². The molecule has 3 rings (SSSR count). The maximum absolute atomic E-state index is 14.2. The fourth-order valence-electron chi connectivity index (χ4n) is 3.64. The first-order chi connectivity index (χ1) is 13.9. The van der Waals surface area contributed by atoms with Gasteiger partial charge in [0, 0.05) is 37.3 Å². The Kier molecular flexibility index (Phi) is 7.03. The summed E-state index contributed by atoms with van der Waals surface area (Å²) in [4.78, 5) is 20.8. The lowest BCUT2D eigenvalue weighted by Gasteiger charge is -2.33. The van der Waals surface area contributed by atoms with E-state index < -0.39 is 17.7 Å². The van der Waals surface area contributed by atoms with E-state index in [1.807, 2.05) is 6.07 Å². The Balaban J connectivity index is 1.57. The number of hydrogen-bond acceptors (Lipinski definition) is 4. The van der Waals surface area contributed by atoms with Crippen molar-refractivity contribution in [3.05, 3.63) is 58.7 Å². The van der Waals surface area contributed by atoms with E-state index in [2.05, 4.69) is 15.2 Å². The Morgan fingerprint density at radius 3 is 2.45 bits per heavy atom. The van der Waals surface area contributed by atoms with Crippen LogP contribution < -0.4 is 10.2 Å². The first-order valence-corrected chi connectivity index (χ1v) is 9.99. The number of nitrogens with zero attached hydrogens (tertiary/aromatic N) is 3. The first-order valence-electron chi connectivity index (χ1n) is 9.61. The van der Waals surface area contributed by atoms with Crippen molar-refractivity contribution in [2.24, 2.45) is 5.92 Å². The summed E-state index contributed by atoms with van der Waals surface area (Å²) in [7, 11) is 3.47. The van der Waals surface area contributed by atoms with Gasteiger partial charge in [0.1, 0.15) is 17.5 Å². The van der Waals surface area contributed by atoms with Crippen LogP contribution in [-0.2, 0) is 4.79 Å². The Morgan fingerprint density at radius 2 is 1.90 bits per heavy atom. The van der Waals surface area contributed by atoms with E-state index in [1.54, 1.807) is 31.3 Å². The number of carbonyl (C=O) groups is 1. The van der Waals surface area contributed by atoms with Gasteiger partial charge >= 0.3 is 0 Å². The van der Waals surface area contributed by atoms with Gasteiger partial charge in [-0.25, -0.2) is 13.8 Å². The fraction of sp³-hybridized carbons (Fsp3) is 0.429. The molecule has 2 aromatic rings. The maximum Gasteiger partial charge on any atom is 0.223 e. The highest BCUT2D eigenvalue weighted by Crippen LogP contribution is 2.25. The number of carbonyl (C=O) groups excluding carboxylic acids is 1. The van der Waals surface area contributed by atoms with Crippen LogP contribution in [-0.4, -0.2) is 49.5 Å². The summed E-state index contributed by atoms with van der Waals surface area (Å²) >= 11 is 5.88. The number of benzene rings is 1. The molecule has 1 aromatic carbocycles. The van der Waals surface area contributed by atoms with Gasteiger partial charge in [-0.05, 0) is 51.2 Å². The Hall–Kier alpha value is -2.25. The summed E-state index contributed by atoms with van der Waals surface area (Å²) in [6, 6.07) is 6.88. The van der Waals surface area contributed by atoms with Gasteiger partial charge in [0.2, 0.25) is 5.91 Å². The second kappa shape index (κ2) is 9.50. The second-order valence-electron chi connectivity index (χ2n) is 7.46. The van der Waals surface area contributed by atoms with Crippen LogP contribution in [0, 0.1) is 17.6 Å². The molecule has 0 radical (unpaired) electrons. The molecule has 1 saturated heterocycles. The number of aromatic nitrogens is 1. The third kappa shape index (κ3) is 5.22. The molecule has 1 N–H and O–H groups in total. The smallest absolute Gasteiger partial charge is 0.223 e. The molecule has 1 amide bonds. The Morgan fingerprint density at radius 1 is 1.24 bits per heavy atom. The van der Waals surface area contributed by atoms with Crippen molar-refractivity contribution < 1.29 is 13.6 Å². The molecule has 1 aliphatic rings. The molecule has 1 aliphatic heterocycles. The number of amides is 1. The molecule has 1 fully saturated rings. The van der Waals surface area contributed by atoms with E-state index in [-0.39, 0.29) is 23.9 Å². The number of nitrogens with one attached hydrogen (secondary N) is 1. The minimum atomic E-state index is -0.610. The van der Waals surface area contributed by atoms with Crippen molar-refractivity contribution in [2.75, 3.05) is 38.6 Å². The molecule has 2 heterocycles. The fourth-order valence-corrected chi connectivity index (χ4v) is 3.75. The Bertz CT molecular complexity index is 819. The molecule has 156 valence electrons. The third-order valence-electron chi connectivity index (χ3n) is 5.33. The minimum Gasteiger partial charge on any atom is -0.357 e. The number of anilines is 1. The number of likely N-dealkylation sites (N-methyl/N-ethyl adjacent to an activating group) is 1. The first kappa shape index (κ1) is 21.5. The predicted molar refractivity (Wildman–Crippen MR) is 110 cm³/mol. The molecule has 8 heteroatoms. The number of piperidine rings is 1. The van der Waals surface area contributed by atoms with Crippen LogP contribution in [0.1, 0.15) is 24.4 Å². The molecule has 5 nitrogen and oxygen atoms in total. The van der Waals surface area contributed by atoms with Crippen LogP contribution in [0.5, 0.6) is 0 Å². The third-order valence-corrected chi connectivity index (χ3v) is 5.55. The monoisotopic (exact) mass is 422 g/mol. The SMILES string of the molecule is CN(C)C(CNC(=O)C1CCN(c2ccc(Cl)cn2)CC1)c1c(F)cccc1F. The maximum atomic E-state index is 14.2. The average molecular weight is 423 g/mol. The van der Waals surface area contributed by atoms with Crippen LogP contribution in [0.25, 0.3) is 0 Å². The Labute approximate surface area is 174 Å². The zero-order chi connectivity index (χ0) is 21.0. The minimum absolute atomic E-state index is 0.0265. The topological polar surface area (TPSA) is 48.5 Å². The quantitative estimate of drug-likeness (QED) is 0.772. The molecule has 0 aliphatic carbocycles. The number of rotatable bonds is 6. The van der Waals surface area contributed by atoms with Crippen molar-refractivity contribution in [3.8, 4) is 0 Å². The normalized spacial score (nSPS) is 16.1. The van der Waals surface area contributed by atoms with Crippen molar-refractivity contribution in [3.63, 3.8) is 0 Å². The van der Waals surface area contributed by atoms with Crippen LogP contribution in [0.15, 0.2) is 36.5 Å². The van der Waals surface area contributed by atoms with Gasteiger partial charge in [-0.1, -0.05) is 17.7 Å². The predicted octanol–water partition coefficient (Wildman–Crippen LogP) is 3.65. The molecule has 0 saturated carbocycles. The van der Waals surface area contributed by atoms with E-state index in [1.165, 1.54) is 18.2 Å². The molecule has 1 aromatic heterocycles. The van der Waals surface area contributed by atoms with Crippen molar-refractivity contribution in [1.82, 2.24) is 15.2 Å². The average Bonchev–Trinajstić information content (AvgIpc) is 2.70.